The zero-order chi connectivity index (χ0) is 10.6. The first-order chi connectivity index (χ1) is 5.74. The summed E-state index contributed by atoms with van der Waals surface area (Å²) in [5.41, 5.74) is 6.76. The van der Waals surface area contributed by atoms with E-state index >= 15 is 0 Å². The van der Waals surface area contributed by atoms with E-state index in [1.807, 2.05) is 0 Å². The molecular formula is C4H9NO7P. The van der Waals surface area contributed by atoms with Gasteiger partial charge >= 0.3 is 13.8 Å². The van der Waals surface area contributed by atoms with Gasteiger partial charge in [-0.25, -0.2) is 10.3 Å². The van der Waals surface area contributed by atoms with Gasteiger partial charge in [0.15, 0.2) is 0 Å². The summed E-state index contributed by atoms with van der Waals surface area (Å²) in [6, 6.07) is -1.88. The van der Waals surface area contributed by atoms with Crippen LogP contribution in [0.3, 0.4) is 0 Å². The molecule has 8 nitrogen and oxygen atoms in total. The van der Waals surface area contributed by atoms with Gasteiger partial charge in [-0.1, -0.05) is 0 Å². The quantitative estimate of drug-likeness (QED) is 0.394. The second-order valence-corrected chi connectivity index (χ2v) is 3.41. The first kappa shape index (κ1) is 12.5. The highest BCUT2D eigenvalue weighted by atomic mass is 31.2. The fourth-order valence-electron chi connectivity index (χ4n) is 0.434. The van der Waals surface area contributed by atoms with E-state index in [2.05, 4.69) is 4.52 Å². The molecule has 0 saturated heterocycles. The van der Waals surface area contributed by atoms with Crippen LogP contribution in [0.2, 0.25) is 0 Å². The van der Waals surface area contributed by atoms with Crippen molar-refractivity contribution in [3.63, 3.8) is 0 Å². The second kappa shape index (κ2) is 4.66. The largest absolute Gasteiger partial charge is 0.480 e. The summed E-state index contributed by atoms with van der Waals surface area (Å²) in [5, 5.41) is 17.0. The van der Waals surface area contributed by atoms with Crippen molar-refractivity contribution < 1.29 is 33.9 Å². The van der Waals surface area contributed by atoms with Crippen LogP contribution in [0.4, 0.5) is 0 Å². The molecule has 0 aliphatic heterocycles. The first-order valence-corrected chi connectivity index (χ1v) is 4.59. The number of carboxylic acids is 1. The zero-order valence-corrected chi connectivity index (χ0v) is 7.22. The summed E-state index contributed by atoms with van der Waals surface area (Å²) in [4.78, 5) is 26.4. The van der Waals surface area contributed by atoms with Gasteiger partial charge in [0.05, 0.1) is 6.61 Å². The number of nitrogens with one attached hydrogen (secondary N) is 1. The van der Waals surface area contributed by atoms with Crippen LogP contribution in [0.15, 0.2) is 0 Å². The SMILES string of the molecule is [NH]C(C(=O)O)C(O)COP(=O)(O)O. The van der Waals surface area contributed by atoms with Crippen LogP contribution in [-0.2, 0) is 13.9 Å². The van der Waals surface area contributed by atoms with Crippen molar-refractivity contribution in [2.45, 2.75) is 12.1 Å². The lowest BCUT2D eigenvalue weighted by molar-refractivity contribution is -0.142. The Morgan fingerprint density at radius 1 is 1.54 bits per heavy atom. The van der Waals surface area contributed by atoms with E-state index in [0.717, 1.165) is 0 Å². The van der Waals surface area contributed by atoms with E-state index in [9.17, 15) is 9.36 Å². The number of carboxylic acid groups (broad SMARTS) is 1. The van der Waals surface area contributed by atoms with Gasteiger partial charge in [-0.15, -0.1) is 0 Å². The van der Waals surface area contributed by atoms with Gasteiger partial charge in [-0.3, -0.25) is 9.32 Å². The van der Waals surface area contributed by atoms with E-state index in [-0.39, 0.29) is 0 Å². The third-order valence-corrected chi connectivity index (χ3v) is 1.55. The average molecular weight is 214 g/mol. The molecule has 0 amide bonds. The number of hydrogen-bond acceptors (Lipinski definition) is 4. The summed E-state index contributed by atoms with van der Waals surface area (Å²) >= 11 is 0. The number of aliphatic carboxylic acids is 1. The van der Waals surface area contributed by atoms with Crippen LogP contribution in [0, 0.1) is 0 Å². The molecule has 2 unspecified atom stereocenters. The molecule has 2 atom stereocenters. The van der Waals surface area contributed by atoms with Crippen molar-refractivity contribution >= 4 is 13.8 Å². The summed E-state index contributed by atoms with van der Waals surface area (Å²) in [7, 11) is -4.73. The maximum Gasteiger partial charge on any atom is 0.469 e. The molecule has 0 aliphatic rings. The van der Waals surface area contributed by atoms with Crippen LogP contribution in [0.1, 0.15) is 0 Å². The molecule has 0 heterocycles. The van der Waals surface area contributed by atoms with Crippen LogP contribution in [-0.4, -0.2) is 44.7 Å². The topological polar surface area (TPSA) is 148 Å². The molecule has 0 bridgehead atoms. The summed E-state index contributed by atoms with van der Waals surface area (Å²) in [6.07, 6.45) is -1.77. The molecule has 1 radical (unpaired) electrons. The average Bonchev–Trinajstić information content (AvgIpc) is 1.97. The highest BCUT2D eigenvalue weighted by molar-refractivity contribution is 7.46. The number of carbonyl (C=O) groups is 1. The van der Waals surface area contributed by atoms with Crippen LogP contribution in [0.5, 0.6) is 0 Å². The van der Waals surface area contributed by atoms with Crippen molar-refractivity contribution in [2.75, 3.05) is 6.61 Å². The van der Waals surface area contributed by atoms with Gasteiger partial charge in [0.2, 0.25) is 0 Å². The van der Waals surface area contributed by atoms with E-state index < -0.39 is 32.5 Å². The molecule has 13 heavy (non-hydrogen) atoms. The molecule has 0 rings (SSSR count). The van der Waals surface area contributed by atoms with Crippen molar-refractivity contribution in [2.24, 2.45) is 0 Å². The Morgan fingerprint density at radius 2 is 2.00 bits per heavy atom. The number of hydrogen-bond donors (Lipinski definition) is 4. The van der Waals surface area contributed by atoms with E-state index in [1.165, 1.54) is 0 Å². The van der Waals surface area contributed by atoms with Crippen molar-refractivity contribution in [1.29, 1.82) is 0 Å². The molecule has 0 aliphatic carbocycles. The summed E-state index contributed by atoms with van der Waals surface area (Å²) in [5.74, 6) is -1.60. The minimum atomic E-state index is -4.73. The van der Waals surface area contributed by atoms with Crippen LogP contribution >= 0.6 is 7.82 Å². The number of phosphoric acid groups is 1. The molecule has 0 aromatic heterocycles. The minimum absolute atomic E-state index is 0.898. The lowest BCUT2D eigenvalue weighted by atomic mass is 10.2. The maximum absolute atomic E-state index is 10.1. The predicted octanol–water partition coefficient (Wildman–Crippen LogP) is -1.81. The van der Waals surface area contributed by atoms with Gasteiger partial charge in [-0.2, -0.15) is 0 Å². The number of rotatable bonds is 5. The molecule has 0 saturated carbocycles. The zero-order valence-electron chi connectivity index (χ0n) is 6.32. The fraction of sp³-hybridized carbons (Fsp3) is 0.750. The Kier molecular flexibility index (Phi) is 4.48. The molecule has 0 aromatic rings. The third-order valence-electron chi connectivity index (χ3n) is 1.06. The molecule has 0 aromatic carbocycles. The van der Waals surface area contributed by atoms with Gasteiger partial charge in [-0.05, 0) is 0 Å². The van der Waals surface area contributed by atoms with Crippen LogP contribution < -0.4 is 5.73 Å². The standard InChI is InChI=1S/C4H9NO7P/c5-3(4(7)8)2(6)1-12-13(9,10)11/h2-3,5-6H,1H2,(H,7,8)(H2,9,10,11). The smallest absolute Gasteiger partial charge is 0.469 e. The Bertz CT molecular complexity index is 225. The van der Waals surface area contributed by atoms with Gasteiger partial charge in [0.1, 0.15) is 12.1 Å². The molecule has 5 N–H and O–H groups in total. The Labute approximate surface area is 73.2 Å². The van der Waals surface area contributed by atoms with Gasteiger partial charge < -0.3 is 20.0 Å². The van der Waals surface area contributed by atoms with Crippen molar-refractivity contribution in [1.82, 2.24) is 5.73 Å². The van der Waals surface area contributed by atoms with Crippen LogP contribution in [0.25, 0.3) is 0 Å². The molecule has 9 heteroatoms. The van der Waals surface area contributed by atoms with E-state index in [0.29, 0.717) is 0 Å². The Balaban J connectivity index is 3.95. The van der Waals surface area contributed by atoms with E-state index in [4.69, 9.17) is 25.7 Å². The second-order valence-electron chi connectivity index (χ2n) is 2.17. The normalized spacial score (nSPS) is 16.6. The van der Waals surface area contributed by atoms with Gasteiger partial charge in [0.25, 0.3) is 0 Å². The highest BCUT2D eigenvalue weighted by Crippen LogP contribution is 2.35. The van der Waals surface area contributed by atoms with Crippen molar-refractivity contribution in [3.05, 3.63) is 0 Å². The lowest BCUT2D eigenvalue weighted by Gasteiger charge is -2.14. The Hall–Kier alpha value is -0.500. The first-order valence-electron chi connectivity index (χ1n) is 3.06. The molecule has 0 spiro atoms. The number of aliphatic hydroxyl groups excluding tert-OH is 1. The van der Waals surface area contributed by atoms with Gasteiger partial charge in [0, 0.05) is 0 Å². The van der Waals surface area contributed by atoms with Crippen molar-refractivity contribution in [3.8, 4) is 0 Å². The monoisotopic (exact) mass is 214 g/mol. The molecule has 77 valence electrons. The highest BCUT2D eigenvalue weighted by Gasteiger charge is 2.26. The lowest BCUT2D eigenvalue weighted by Crippen LogP contribution is -2.38. The number of phosphoric ester groups is 1. The molecular weight excluding hydrogens is 205 g/mol. The number of aliphatic hydroxyl groups is 1. The third kappa shape index (κ3) is 5.69. The fourth-order valence-corrected chi connectivity index (χ4v) is 0.781. The predicted molar refractivity (Wildman–Crippen MR) is 38.5 cm³/mol. The summed E-state index contributed by atoms with van der Waals surface area (Å²) in [6.45, 7) is -0.898. The minimum Gasteiger partial charge on any atom is -0.480 e. The Morgan fingerprint density at radius 3 is 2.31 bits per heavy atom. The van der Waals surface area contributed by atoms with E-state index in [1.54, 1.807) is 0 Å². The maximum atomic E-state index is 10.1. The molecule has 0 fully saturated rings. The summed E-state index contributed by atoms with van der Waals surface area (Å²) < 4.78 is 13.9.